The van der Waals surface area contributed by atoms with E-state index in [1.807, 2.05) is 59.5 Å². The normalized spacial score (nSPS) is 14.5. The highest BCUT2D eigenvalue weighted by molar-refractivity contribution is 5.95. The van der Waals surface area contributed by atoms with Gasteiger partial charge in [-0.15, -0.1) is 0 Å². The summed E-state index contributed by atoms with van der Waals surface area (Å²) in [5.41, 5.74) is 2.49. The zero-order chi connectivity index (χ0) is 17.9. The van der Waals surface area contributed by atoms with E-state index >= 15 is 0 Å². The third-order valence-electron chi connectivity index (χ3n) is 4.80. The number of fused-ring (bicyclic) bond motifs is 1. The molecule has 0 bridgehead atoms. The van der Waals surface area contributed by atoms with E-state index in [0.29, 0.717) is 18.8 Å². The van der Waals surface area contributed by atoms with Crippen LogP contribution in [-0.2, 0) is 0 Å². The summed E-state index contributed by atoms with van der Waals surface area (Å²) >= 11 is 0. The number of carbonyl (C=O) groups excluding carboxylic acids is 1. The van der Waals surface area contributed by atoms with Gasteiger partial charge in [-0.1, -0.05) is 30.3 Å². The number of rotatable bonds is 3. The van der Waals surface area contributed by atoms with Gasteiger partial charge in [-0.3, -0.25) is 4.79 Å². The number of benzene rings is 2. The molecule has 1 saturated heterocycles. The molecule has 26 heavy (non-hydrogen) atoms. The highest BCUT2D eigenvalue weighted by Gasteiger charge is 2.23. The molecule has 132 valence electrons. The second-order valence-electron chi connectivity index (χ2n) is 6.37. The minimum Gasteiger partial charge on any atom is -0.497 e. The second kappa shape index (κ2) is 7.04. The Kier molecular flexibility index (Phi) is 4.44. The molecule has 3 aromatic rings. The van der Waals surface area contributed by atoms with Crippen LogP contribution in [0.25, 0.3) is 10.9 Å². The van der Waals surface area contributed by atoms with E-state index in [4.69, 9.17) is 4.74 Å². The topological polar surface area (TPSA) is 45.7 Å². The minimum absolute atomic E-state index is 0.000968. The molecule has 0 atom stereocenters. The molecule has 0 radical (unpaired) electrons. The number of hydrogen-bond acceptors (Lipinski definition) is 4. The molecule has 5 heteroatoms. The van der Waals surface area contributed by atoms with Crippen molar-refractivity contribution in [2.24, 2.45) is 0 Å². The van der Waals surface area contributed by atoms with Crippen LogP contribution in [0.2, 0.25) is 0 Å². The van der Waals surface area contributed by atoms with Crippen LogP contribution in [0.5, 0.6) is 5.75 Å². The number of anilines is 1. The Balaban J connectivity index is 1.45. The van der Waals surface area contributed by atoms with E-state index in [9.17, 15) is 4.79 Å². The number of para-hydroxylation sites is 1. The fraction of sp³-hybridized carbons (Fsp3) is 0.238. The number of piperazine rings is 1. The summed E-state index contributed by atoms with van der Waals surface area (Å²) in [6.07, 6.45) is 0. The molecule has 2 heterocycles. The van der Waals surface area contributed by atoms with Gasteiger partial charge in [0.15, 0.2) is 0 Å². The summed E-state index contributed by atoms with van der Waals surface area (Å²) < 4.78 is 5.30. The van der Waals surface area contributed by atoms with Gasteiger partial charge >= 0.3 is 0 Å². The fourth-order valence-corrected chi connectivity index (χ4v) is 3.32. The van der Waals surface area contributed by atoms with Gasteiger partial charge in [-0.2, -0.15) is 0 Å². The predicted octanol–water partition coefficient (Wildman–Crippen LogP) is 3.21. The first kappa shape index (κ1) is 16.4. The Hall–Kier alpha value is -3.08. The zero-order valence-electron chi connectivity index (χ0n) is 14.8. The summed E-state index contributed by atoms with van der Waals surface area (Å²) in [5.74, 6) is 0.849. The molecule has 0 spiro atoms. The Morgan fingerprint density at radius 3 is 2.58 bits per heavy atom. The number of amides is 1. The third kappa shape index (κ3) is 3.20. The first-order valence-electron chi connectivity index (χ1n) is 8.79. The van der Waals surface area contributed by atoms with Gasteiger partial charge in [-0.05, 0) is 24.3 Å². The van der Waals surface area contributed by atoms with Crippen molar-refractivity contribution in [3.63, 3.8) is 0 Å². The first-order valence-corrected chi connectivity index (χ1v) is 8.79. The molecule has 4 rings (SSSR count). The monoisotopic (exact) mass is 347 g/mol. The molecule has 1 amide bonds. The first-order chi connectivity index (χ1) is 12.7. The molecule has 0 N–H and O–H groups in total. The second-order valence-corrected chi connectivity index (χ2v) is 6.37. The smallest absolute Gasteiger partial charge is 0.272 e. The molecule has 1 fully saturated rings. The van der Waals surface area contributed by atoms with Gasteiger partial charge in [0.1, 0.15) is 11.4 Å². The Morgan fingerprint density at radius 1 is 0.962 bits per heavy atom. The lowest BCUT2D eigenvalue weighted by Gasteiger charge is -2.36. The van der Waals surface area contributed by atoms with E-state index in [-0.39, 0.29) is 5.91 Å². The van der Waals surface area contributed by atoms with Crippen molar-refractivity contribution in [2.75, 3.05) is 38.2 Å². The number of ether oxygens (including phenoxy) is 1. The van der Waals surface area contributed by atoms with Crippen LogP contribution in [0, 0.1) is 0 Å². The van der Waals surface area contributed by atoms with Crippen LogP contribution in [-0.4, -0.2) is 49.1 Å². The molecule has 0 saturated carbocycles. The van der Waals surface area contributed by atoms with Crippen molar-refractivity contribution in [3.05, 3.63) is 66.4 Å². The maximum Gasteiger partial charge on any atom is 0.272 e. The quantitative estimate of drug-likeness (QED) is 0.730. The van der Waals surface area contributed by atoms with Crippen LogP contribution in [0.1, 0.15) is 10.5 Å². The standard InChI is InChI=1S/C21H21N3O2/c1-26-18-7-4-6-17(15-18)23-11-13-24(14-12-23)21(25)20-10-9-16-5-2-3-8-19(16)22-20/h2-10,15H,11-14H2,1H3. The number of nitrogens with zero attached hydrogens (tertiary/aromatic N) is 3. The van der Waals surface area contributed by atoms with Crippen molar-refractivity contribution in [3.8, 4) is 5.75 Å². The summed E-state index contributed by atoms with van der Waals surface area (Å²) in [6.45, 7) is 2.97. The number of aromatic nitrogens is 1. The molecule has 1 aromatic heterocycles. The largest absolute Gasteiger partial charge is 0.497 e. The van der Waals surface area contributed by atoms with Gasteiger partial charge in [0.25, 0.3) is 5.91 Å². The summed E-state index contributed by atoms with van der Waals surface area (Å²) in [5, 5.41) is 1.05. The number of carbonyl (C=O) groups is 1. The summed E-state index contributed by atoms with van der Waals surface area (Å²) in [6, 6.07) is 19.7. The Labute approximate surface area is 152 Å². The van der Waals surface area contributed by atoms with Crippen LogP contribution in [0.4, 0.5) is 5.69 Å². The van der Waals surface area contributed by atoms with Crippen LogP contribution < -0.4 is 9.64 Å². The van der Waals surface area contributed by atoms with E-state index in [1.165, 1.54) is 0 Å². The molecular weight excluding hydrogens is 326 g/mol. The van der Waals surface area contributed by atoms with E-state index < -0.39 is 0 Å². The van der Waals surface area contributed by atoms with Crippen molar-refractivity contribution < 1.29 is 9.53 Å². The van der Waals surface area contributed by atoms with Crippen LogP contribution >= 0.6 is 0 Å². The van der Waals surface area contributed by atoms with Crippen LogP contribution in [0.15, 0.2) is 60.7 Å². The van der Waals surface area contributed by atoms with Gasteiger partial charge in [0.05, 0.1) is 12.6 Å². The van der Waals surface area contributed by atoms with Crippen molar-refractivity contribution >= 4 is 22.5 Å². The molecule has 1 aliphatic heterocycles. The van der Waals surface area contributed by atoms with Crippen molar-refractivity contribution in [2.45, 2.75) is 0 Å². The fourth-order valence-electron chi connectivity index (χ4n) is 3.32. The average Bonchev–Trinajstić information content (AvgIpc) is 2.73. The molecule has 5 nitrogen and oxygen atoms in total. The maximum absolute atomic E-state index is 12.8. The molecular formula is C21H21N3O2. The highest BCUT2D eigenvalue weighted by atomic mass is 16.5. The molecule has 2 aromatic carbocycles. The van der Waals surface area contributed by atoms with Crippen LogP contribution in [0.3, 0.4) is 0 Å². The lowest BCUT2D eigenvalue weighted by molar-refractivity contribution is 0.0741. The van der Waals surface area contributed by atoms with Gasteiger partial charge < -0.3 is 14.5 Å². The van der Waals surface area contributed by atoms with E-state index in [1.54, 1.807) is 7.11 Å². The minimum atomic E-state index is 0.000968. The van der Waals surface area contributed by atoms with Crippen molar-refractivity contribution in [1.29, 1.82) is 0 Å². The SMILES string of the molecule is COc1cccc(N2CCN(C(=O)c3ccc4ccccc4n3)CC2)c1. The lowest BCUT2D eigenvalue weighted by atomic mass is 10.2. The molecule has 0 aliphatic carbocycles. The third-order valence-corrected chi connectivity index (χ3v) is 4.80. The summed E-state index contributed by atoms with van der Waals surface area (Å²) in [4.78, 5) is 21.5. The van der Waals surface area contributed by atoms with Gasteiger partial charge in [0, 0.05) is 43.3 Å². The zero-order valence-corrected chi connectivity index (χ0v) is 14.8. The van der Waals surface area contributed by atoms with Crippen molar-refractivity contribution in [1.82, 2.24) is 9.88 Å². The van der Waals surface area contributed by atoms with Gasteiger partial charge in [0.2, 0.25) is 0 Å². The maximum atomic E-state index is 12.8. The number of methoxy groups -OCH3 is 1. The summed E-state index contributed by atoms with van der Waals surface area (Å²) in [7, 11) is 1.67. The number of pyridine rings is 1. The lowest BCUT2D eigenvalue weighted by Crippen LogP contribution is -2.49. The van der Waals surface area contributed by atoms with E-state index in [2.05, 4.69) is 16.0 Å². The molecule has 1 aliphatic rings. The average molecular weight is 347 g/mol. The van der Waals surface area contributed by atoms with Gasteiger partial charge in [-0.25, -0.2) is 4.98 Å². The highest BCUT2D eigenvalue weighted by Crippen LogP contribution is 2.22. The predicted molar refractivity (Wildman–Crippen MR) is 103 cm³/mol. The number of hydrogen-bond donors (Lipinski definition) is 0. The Morgan fingerprint density at radius 2 is 1.77 bits per heavy atom. The Bertz CT molecular complexity index is 933. The van der Waals surface area contributed by atoms with E-state index in [0.717, 1.165) is 35.4 Å². The molecule has 0 unspecified atom stereocenters.